The van der Waals surface area contributed by atoms with Crippen molar-refractivity contribution >= 4 is 28.8 Å². The number of alkyl halides is 3. The highest BCUT2D eigenvalue weighted by Crippen LogP contribution is 2.36. The van der Waals surface area contributed by atoms with E-state index >= 15 is 0 Å². The van der Waals surface area contributed by atoms with Gasteiger partial charge in [0.2, 0.25) is 0 Å². The van der Waals surface area contributed by atoms with Crippen molar-refractivity contribution in [3.05, 3.63) is 36.0 Å². The lowest BCUT2D eigenvalue weighted by molar-refractivity contribution is -0.179. The second-order valence-electron chi connectivity index (χ2n) is 7.33. The van der Waals surface area contributed by atoms with Crippen molar-refractivity contribution in [1.82, 2.24) is 4.98 Å². The number of amides is 1. The van der Waals surface area contributed by atoms with Crippen LogP contribution in [0.2, 0.25) is 0 Å². The van der Waals surface area contributed by atoms with E-state index in [0.717, 1.165) is 16.9 Å². The molecule has 2 aliphatic heterocycles. The number of benzene rings is 1. The smallest absolute Gasteiger partial charge is 0.391 e. The lowest BCUT2D eigenvalue weighted by Crippen LogP contribution is -2.39. The molecule has 29 heavy (non-hydrogen) atoms. The standard InChI is InChI=1S/C20H21F3N4O2/c1-12-8-15(27-6-4-13(5-7-27)20(21,22)23)2-3-16(12)25-14-9-17-19(24-10-14)26-18(28)11-29-17/h2-3,8-10,13,25H,4-7,11H2,1H3,(H,24,26,28). The van der Waals surface area contributed by atoms with Crippen LogP contribution in [0, 0.1) is 12.8 Å². The molecule has 0 bridgehead atoms. The second-order valence-corrected chi connectivity index (χ2v) is 7.33. The number of nitrogens with one attached hydrogen (secondary N) is 2. The number of halogens is 3. The zero-order chi connectivity index (χ0) is 20.6. The molecule has 1 fully saturated rings. The van der Waals surface area contributed by atoms with Crippen molar-refractivity contribution in [3.8, 4) is 5.75 Å². The average Bonchev–Trinajstić information content (AvgIpc) is 2.69. The topological polar surface area (TPSA) is 66.5 Å². The number of rotatable bonds is 3. The second kappa shape index (κ2) is 7.46. The van der Waals surface area contributed by atoms with E-state index in [-0.39, 0.29) is 25.4 Å². The summed E-state index contributed by atoms with van der Waals surface area (Å²) >= 11 is 0. The molecule has 2 N–H and O–H groups in total. The number of nitrogens with zero attached hydrogens (tertiary/aromatic N) is 2. The number of hydrogen-bond acceptors (Lipinski definition) is 5. The van der Waals surface area contributed by atoms with Crippen LogP contribution in [0.15, 0.2) is 30.5 Å². The van der Waals surface area contributed by atoms with Crippen molar-refractivity contribution < 1.29 is 22.7 Å². The predicted molar refractivity (Wildman–Crippen MR) is 104 cm³/mol. The Bertz CT molecular complexity index is 924. The molecule has 2 aromatic rings. The summed E-state index contributed by atoms with van der Waals surface area (Å²) in [5.41, 5.74) is 3.46. The van der Waals surface area contributed by atoms with Gasteiger partial charge in [0.05, 0.1) is 17.8 Å². The van der Waals surface area contributed by atoms with Gasteiger partial charge >= 0.3 is 6.18 Å². The van der Waals surface area contributed by atoms with Crippen LogP contribution in [0.1, 0.15) is 18.4 Å². The molecule has 0 spiro atoms. The Morgan fingerprint density at radius 3 is 2.69 bits per heavy atom. The van der Waals surface area contributed by atoms with Gasteiger partial charge in [-0.2, -0.15) is 13.2 Å². The van der Waals surface area contributed by atoms with Gasteiger partial charge in [-0.1, -0.05) is 0 Å². The number of ether oxygens (including phenoxy) is 1. The third-order valence-corrected chi connectivity index (χ3v) is 5.28. The van der Waals surface area contributed by atoms with Gasteiger partial charge in [0.15, 0.2) is 18.2 Å². The van der Waals surface area contributed by atoms with E-state index < -0.39 is 12.1 Å². The lowest BCUT2D eigenvalue weighted by atomic mass is 9.96. The summed E-state index contributed by atoms with van der Waals surface area (Å²) in [4.78, 5) is 17.5. The largest absolute Gasteiger partial charge is 0.480 e. The highest BCUT2D eigenvalue weighted by molar-refractivity contribution is 5.94. The highest BCUT2D eigenvalue weighted by Gasteiger charge is 2.41. The van der Waals surface area contributed by atoms with Crippen LogP contribution in [-0.4, -0.2) is 36.8 Å². The minimum atomic E-state index is -4.11. The molecule has 6 nitrogen and oxygen atoms in total. The quantitative estimate of drug-likeness (QED) is 0.798. The first kappa shape index (κ1) is 19.4. The molecule has 9 heteroatoms. The lowest BCUT2D eigenvalue weighted by Gasteiger charge is -2.34. The van der Waals surface area contributed by atoms with E-state index in [1.807, 2.05) is 30.0 Å². The van der Waals surface area contributed by atoms with Crippen LogP contribution in [0.3, 0.4) is 0 Å². The van der Waals surface area contributed by atoms with Crippen molar-refractivity contribution in [2.75, 3.05) is 35.2 Å². The average molecular weight is 406 g/mol. The first-order chi connectivity index (χ1) is 13.8. The zero-order valence-electron chi connectivity index (χ0n) is 15.8. The number of anilines is 4. The molecule has 4 rings (SSSR count). The van der Waals surface area contributed by atoms with E-state index in [9.17, 15) is 18.0 Å². The maximum absolute atomic E-state index is 12.9. The number of aromatic nitrogens is 1. The fourth-order valence-electron chi connectivity index (χ4n) is 3.63. The minimum Gasteiger partial charge on any atom is -0.480 e. The molecule has 154 valence electrons. The number of hydrogen-bond donors (Lipinski definition) is 2. The summed E-state index contributed by atoms with van der Waals surface area (Å²) in [7, 11) is 0. The Morgan fingerprint density at radius 1 is 1.24 bits per heavy atom. The molecule has 0 aliphatic carbocycles. The summed E-state index contributed by atoms with van der Waals surface area (Å²) in [5.74, 6) is -0.557. The van der Waals surface area contributed by atoms with Gasteiger partial charge in [0.1, 0.15) is 0 Å². The van der Waals surface area contributed by atoms with Gasteiger partial charge in [0.25, 0.3) is 5.91 Å². The van der Waals surface area contributed by atoms with Crippen LogP contribution in [0.4, 0.5) is 36.1 Å². The minimum absolute atomic E-state index is 0.0448. The van der Waals surface area contributed by atoms with E-state index in [1.54, 1.807) is 12.3 Å². The van der Waals surface area contributed by atoms with Crippen molar-refractivity contribution in [2.24, 2.45) is 5.92 Å². The molecule has 0 atom stereocenters. The molecule has 1 aromatic carbocycles. The SMILES string of the molecule is Cc1cc(N2CCC(C(F)(F)F)CC2)ccc1Nc1cnc2c(c1)OCC(=O)N2. The molecular weight excluding hydrogens is 385 g/mol. The van der Waals surface area contributed by atoms with Crippen molar-refractivity contribution in [3.63, 3.8) is 0 Å². The Labute approximate surface area is 166 Å². The number of aryl methyl sites for hydroxylation is 1. The van der Waals surface area contributed by atoms with Crippen LogP contribution in [0.25, 0.3) is 0 Å². The predicted octanol–water partition coefficient (Wildman–Crippen LogP) is 4.24. The van der Waals surface area contributed by atoms with Gasteiger partial charge in [-0.05, 0) is 43.5 Å². The molecular formula is C20H21F3N4O2. The van der Waals surface area contributed by atoms with Crippen LogP contribution >= 0.6 is 0 Å². The van der Waals surface area contributed by atoms with E-state index in [1.165, 1.54) is 0 Å². The first-order valence-electron chi connectivity index (χ1n) is 9.41. The molecule has 2 aliphatic rings. The fourth-order valence-corrected chi connectivity index (χ4v) is 3.63. The number of piperidine rings is 1. The summed E-state index contributed by atoms with van der Waals surface area (Å²) in [6.45, 7) is 2.69. The van der Waals surface area contributed by atoms with Gasteiger partial charge in [-0.25, -0.2) is 4.98 Å². The Kier molecular flexibility index (Phi) is 4.97. The fraction of sp³-hybridized carbons (Fsp3) is 0.400. The highest BCUT2D eigenvalue weighted by atomic mass is 19.4. The van der Waals surface area contributed by atoms with Gasteiger partial charge in [-0.3, -0.25) is 4.79 Å². The summed E-state index contributed by atoms with van der Waals surface area (Å²) < 4.78 is 43.9. The Balaban J connectivity index is 1.44. The number of carbonyl (C=O) groups excluding carboxylic acids is 1. The maximum atomic E-state index is 12.9. The third-order valence-electron chi connectivity index (χ3n) is 5.28. The Hall–Kier alpha value is -2.97. The van der Waals surface area contributed by atoms with E-state index in [0.29, 0.717) is 30.3 Å². The van der Waals surface area contributed by atoms with Gasteiger partial charge in [-0.15, -0.1) is 0 Å². The number of fused-ring (bicyclic) bond motifs is 1. The van der Waals surface area contributed by atoms with Crippen molar-refractivity contribution in [2.45, 2.75) is 25.9 Å². The van der Waals surface area contributed by atoms with Crippen LogP contribution in [-0.2, 0) is 4.79 Å². The third kappa shape index (κ3) is 4.23. The normalized spacial score (nSPS) is 17.4. The Morgan fingerprint density at radius 2 is 2.00 bits per heavy atom. The van der Waals surface area contributed by atoms with Gasteiger partial charge < -0.3 is 20.3 Å². The molecule has 0 unspecified atom stereocenters. The van der Waals surface area contributed by atoms with Gasteiger partial charge in [0, 0.05) is 30.5 Å². The zero-order valence-corrected chi connectivity index (χ0v) is 15.8. The molecule has 3 heterocycles. The molecule has 1 amide bonds. The molecule has 1 aromatic heterocycles. The molecule has 1 saturated heterocycles. The monoisotopic (exact) mass is 406 g/mol. The van der Waals surface area contributed by atoms with E-state index in [2.05, 4.69) is 15.6 Å². The maximum Gasteiger partial charge on any atom is 0.391 e. The summed E-state index contributed by atoms with van der Waals surface area (Å²) in [5, 5.41) is 5.91. The summed E-state index contributed by atoms with van der Waals surface area (Å²) in [6.07, 6.45) is -2.26. The number of carbonyl (C=O) groups is 1. The molecule has 0 radical (unpaired) electrons. The van der Waals surface area contributed by atoms with Crippen molar-refractivity contribution in [1.29, 1.82) is 0 Å². The van der Waals surface area contributed by atoms with E-state index in [4.69, 9.17) is 4.74 Å². The van der Waals surface area contributed by atoms with Crippen LogP contribution in [0.5, 0.6) is 5.75 Å². The molecule has 0 saturated carbocycles. The van der Waals surface area contributed by atoms with Crippen LogP contribution < -0.4 is 20.3 Å². The number of pyridine rings is 1. The first-order valence-corrected chi connectivity index (χ1v) is 9.41. The summed E-state index contributed by atoms with van der Waals surface area (Å²) in [6, 6.07) is 7.55.